The van der Waals surface area contributed by atoms with Gasteiger partial charge in [-0.1, -0.05) is 48.9 Å². The number of rotatable bonds is 6. The summed E-state index contributed by atoms with van der Waals surface area (Å²) in [5.41, 5.74) is 3.20. The summed E-state index contributed by atoms with van der Waals surface area (Å²) >= 11 is 0. The molecule has 9 nitrogen and oxygen atoms in total. The Morgan fingerprint density at radius 3 is 2.56 bits per heavy atom. The van der Waals surface area contributed by atoms with Gasteiger partial charge in [-0.3, -0.25) is 14.2 Å². The Morgan fingerprint density at radius 1 is 0.976 bits per heavy atom. The van der Waals surface area contributed by atoms with Crippen LogP contribution in [0.4, 0.5) is 0 Å². The molecule has 0 N–H and O–H groups in total. The second-order valence-electron chi connectivity index (χ2n) is 10.2. The molecule has 0 saturated heterocycles. The fraction of sp³-hybridized carbons (Fsp3) is 0.281. The highest BCUT2D eigenvalue weighted by atomic mass is 16.5. The third kappa shape index (κ3) is 5.35. The highest BCUT2D eigenvalue weighted by Crippen LogP contribution is 2.33. The minimum atomic E-state index is -0.662. The maximum Gasteiger partial charge on any atom is 0.338 e. The summed E-state index contributed by atoms with van der Waals surface area (Å²) in [5, 5.41) is 6.50. The monoisotopic (exact) mass is 550 g/mol. The Labute approximate surface area is 237 Å². The van der Waals surface area contributed by atoms with E-state index in [-0.39, 0.29) is 17.2 Å². The molecule has 0 unspecified atom stereocenters. The largest absolute Gasteiger partial charge is 0.497 e. The number of carbonyl (C=O) groups excluding carboxylic acids is 2. The van der Waals surface area contributed by atoms with Gasteiger partial charge in [0.15, 0.2) is 6.61 Å². The molecule has 0 aliphatic carbocycles. The molecule has 6 rings (SSSR count). The van der Waals surface area contributed by atoms with Crippen molar-refractivity contribution in [3.63, 3.8) is 0 Å². The Morgan fingerprint density at radius 2 is 1.78 bits per heavy atom. The second kappa shape index (κ2) is 11.4. The quantitative estimate of drug-likeness (QED) is 0.324. The first-order valence-electron chi connectivity index (χ1n) is 13.8. The van der Waals surface area contributed by atoms with Crippen LogP contribution < -0.4 is 10.3 Å². The predicted molar refractivity (Wildman–Crippen MR) is 154 cm³/mol. The molecule has 2 aliphatic rings. The molecule has 0 bridgehead atoms. The van der Waals surface area contributed by atoms with E-state index in [1.54, 1.807) is 29.9 Å². The van der Waals surface area contributed by atoms with Gasteiger partial charge in [-0.05, 0) is 54.3 Å². The number of aromatic nitrogens is 2. The number of hydrogen-bond acceptors (Lipinski definition) is 7. The fourth-order valence-electron chi connectivity index (χ4n) is 5.45. The molecule has 0 spiro atoms. The molecule has 0 fully saturated rings. The third-order valence-electron chi connectivity index (χ3n) is 7.65. The minimum Gasteiger partial charge on any atom is -0.497 e. The van der Waals surface area contributed by atoms with E-state index in [1.807, 2.05) is 54.6 Å². The van der Waals surface area contributed by atoms with E-state index in [4.69, 9.17) is 9.47 Å². The standard InChI is InChI=1S/C32H30N4O5/c1-40-24-14-11-22(12-15-24)28-19-26(21-8-4-2-5-9-21)34-36(28)30(37)20-41-32(39)23-13-16-25-27(18-23)33-29-10-6-3-7-17-35(29)31(25)38/h2,4-5,8-9,11-16,18,28H,3,6-7,10,17,19-20H2,1H3/t28-/m0/s1. The molecule has 1 aromatic heterocycles. The smallest absolute Gasteiger partial charge is 0.338 e. The van der Waals surface area contributed by atoms with Gasteiger partial charge in [0, 0.05) is 19.4 Å². The summed E-state index contributed by atoms with van der Waals surface area (Å²) in [6.45, 7) is 0.181. The third-order valence-corrected chi connectivity index (χ3v) is 7.65. The molecule has 41 heavy (non-hydrogen) atoms. The van der Waals surface area contributed by atoms with E-state index in [0.717, 1.165) is 48.3 Å². The number of ether oxygens (including phenoxy) is 2. The van der Waals surface area contributed by atoms with Crippen LogP contribution in [0.15, 0.2) is 82.7 Å². The second-order valence-corrected chi connectivity index (χ2v) is 10.2. The topological polar surface area (TPSA) is 103 Å². The molecule has 1 atom stereocenters. The zero-order valence-electron chi connectivity index (χ0n) is 22.8. The molecule has 9 heteroatoms. The Hall–Kier alpha value is -4.79. The molecule has 3 aromatic carbocycles. The SMILES string of the molecule is COc1ccc([C@@H]2CC(c3ccccc3)=NN2C(=O)COC(=O)c2ccc3c(=O)n4c(nc3c2)CCCCC4)cc1. The van der Waals surface area contributed by atoms with E-state index in [0.29, 0.717) is 29.6 Å². The van der Waals surface area contributed by atoms with Crippen LogP contribution in [-0.2, 0) is 22.5 Å². The molecule has 0 radical (unpaired) electrons. The number of hydrogen-bond donors (Lipinski definition) is 0. The number of esters is 1. The number of carbonyl (C=O) groups is 2. The molecule has 3 heterocycles. The summed E-state index contributed by atoms with van der Waals surface area (Å²) in [4.78, 5) is 44.1. The maximum absolute atomic E-state index is 13.4. The van der Waals surface area contributed by atoms with Crippen molar-refractivity contribution in [2.24, 2.45) is 5.10 Å². The summed E-state index contributed by atoms with van der Waals surface area (Å²) in [7, 11) is 1.60. The number of benzene rings is 3. The van der Waals surface area contributed by atoms with Crippen molar-refractivity contribution >= 4 is 28.5 Å². The van der Waals surface area contributed by atoms with Gasteiger partial charge >= 0.3 is 5.97 Å². The number of fused-ring (bicyclic) bond motifs is 2. The van der Waals surface area contributed by atoms with Crippen LogP contribution in [-0.4, -0.2) is 45.9 Å². The van der Waals surface area contributed by atoms with Gasteiger partial charge in [0.1, 0.15) is 11.6 Å². The Bertz CT molecular complexity index is 1700. The van der Waals surface area contributed by atoms with Gasteiger partial charge in [-0.2, -0.15) is 5.10 Å². The van der Waals surface area contributed by atoms with Crippen LogP contribution in [0.2, 0.25) is 0 Å². The van der Waals surface area contributed by atoms with Gasteiger partial charge in [0.25, 0.3) is 11.5 Å². The average Bonchev–Trinajstić information content (AvgIpc) is 3.33. The fourth-order valence-corrected chi connectivity index (χ4v) is 5.45. The highest BCUT2D eigenvalue weighted by molar-refractivity contribution is 6.03. The van der Waals surface area contributed by atoms with Crippen LogP contribution in [0.5, 0.6) is 5.75 Å². The van der Waals surface area contributed by atoms with E-state index < -0.39 is 18.5 Å². The molecule has 208 valence electrons. The number of methoxy groups -OCH3 is 1. The number of amides is 1. The molecule has 4 aromatic rings. The van der Waals surface area contributed by atoms with Crippen molar-refractivity contribution in [1.29, 1.82) is 0 Å². The van der Waals surface area contributed by atoms with Gasteiger partial charge in [0.2, 0.25) is 0 Å². The lowest BCUT2D eigenvalue weighted by Gasteiger charge is -2.22. The molecular weight excluding hydrogens is 520 g/mol. The van der Waals surface area contributed by atoms with Crippen molar-refractivity contribution < 1.29 is 19.1 Å². The van der Waals surface area contributed by atoms with E-state index in [1.165, 1.54) is 5.01 Å². The zero-order chi connectivity index (χ0) is 28.3. The molecule has 0 saturated carbocycles. The first-order chi connectivity index (χ1) is 20.0. The van der Waals surface area contributed by atoms with E-state index >= 15 is 0 Å². The Balaban J connectivity index is 1.21. The lowest BCUT2D eigenvalue weighted by Crippen LogP contribution is -2.31. The lowest BCUT2D eigenvalue weighted by molar-refractivity contribution is -0.136. The van der Waals surface area contributed by atoms with Gasteiger partial charge in [0.05, 0.1) is 35.3 Å². The number of hydrazone groups is 1. The van der Waals surface area contributed by atoms with Crippen LogP contribution in [0, 0.1) is 0 Å². The normalized spacial score (nSPS) is 16.6. The predicted octanol–water partition coefficient (Wildman–Crippen LogP) is 4.67. The first-order valence-corrected chi connectivity index (χ1v) is 13.8. The van der Waals surface area contributed by atoms with Crippen molar-refractivity contribution in [2.45, 2.75) is 44.7 Å². The highest BCUT2D eigenvalue weighted by Gasteiger charge is 2.33. The van der Waals surface area contributed by atoms with Crippen LogP contribution in [0.1, 0.15) is 59.0 Å². The van der Waals surface area contributed by atoms with Gasteiger partial charge < -0.3 is 9.47 Å². The average molecular weight is 551 g/mol. The van der Waals surface area contributed by atoms with Crippen molar-refractivity contribution in [3.8, 4) is 5.75 Å². The van der Waals surface area contributed by atoms with Gasteiger partial charge in [-0.25, -0.2) is 14.8 Å². The van der Waals surface area contributed by atoms with Crippen molar-refractivity contribution in [3.05, 3.63) is 106 Å². The van der Waals surface area contributed by atoms with Crippen LogP contribution >= 0.6 is 0 Å². The summed E-state index contributed by atoms with van der Waals surface area (Å²) in [5.74, 6) is 0.356. The molecule has 1 amide bonds. The summed E-state index contributed by atoms with van der Waals surface area (Å²) in [6.07, 6.45) is 4.23. The minimum absolute atomic E-state index is 0.0901. The maximum atomic E-state index is 13.4. The summed E-state index contributed by atoms with van der Waals surface area (Å²) < 4.78 is 12.5. The number of nitrogens with zero attached hydrogens (tertiary/aromatic N) is 4. The van der Waals surface area contributed by atoms with E-state index in [2.05, 4.69) is 10.1 Å². The zero-order valence-corrected chi connectivity index (χ0v) is 22.8. The summed E-state index contributed by atoms with van der Waals surface area (Å²) in [6, 6.07) is 21.6. The van der Waals surface area contributed by atoms with Crippen molar-refractivity contribution in [1.82, 2.24) is 14.6 Å². The Kier molecular flexibility index (Phi) is 7.33. The molecular formula is C32H30N4O5. The lowest BCUT2D eigenvalue weighted by atomic mass is 9.98. The number of aryl methyl sites for hydroxylation is 1. The van der Waals surface area contributed by atoms with Crippen molar-refractivity contribution in [2.75, 3.05) is 13.7 Å². The van der Waals surface area contributed by atoms with Crippen LogP contribution in [0.3, 0.4) is 0 Å². The van der Waals surface area contributed by atoms with E-state index in [9.17, 15) is 14.4 Å². The van der Waals surface area contributed by atoms with Gasteiger partial charge in [-0.15, -0.1) is 0 Å². The first kappa shape index (κ1) is 26.4. The molecule has 2 aliphatic heterocycles. The van der Waals surface area contributed by atoms with Crippen LogP contribution in [0.25, 0.3) is 10.9 Å².